The molecule has 1 heterocycles. The summed E-state index contributed by atoms with van der Waals surface area (Å²) in [5, 5.41) is 5.03. The van der Waals surface area contributed by atoms with Crippen molar-refractivity contribution < 1.29 is 9.53 Å². The van der Waals surface area contributed by atoms with E-state index in [0.717, 1.165) is 16.5 Å². The van der Waals surface area contributed by atoms with Crippen LogP contribution in [0.1, 0.15) is 12.5 Å². The molecule has 2 rings (SSSR count). The van der Waals surface area contributed by atoms with E-state index in [4.69, 9.17) is 10.5 Å². The highest BCUT2D eigenvalue weighted by atomic mass is 32.1. The van der Waals surface area contributed by atoms with Crippen LogP contribution in [0.15, 0.2) is 35.6 Å². The van der Waals surface area contributed by atoms with E-state index in [1.165, 1.54) is 0 Å². The first-order valence-corrected chi connectivity index (χ1v) is 6.84. The summed E-state index contributed by atoms with van der Waals surface area (Å²) in [5.74, 6) is -0.275. The largest absolute Gasteiger partial charge is 0.465 e. The number of nitrogens with two attached hydrogens (primary N) is 1. The first-order valence-electron chi connectivity index (χ1n) is 6.43. The number of thiocarbonyl (C=S) groups is 1. The highest BCUT2D eigenvalue weighted by Crippen LogP contribution is 2.20. The van der Waals surface area contributed by atoms with Gasteiger partial charge in [-0.2, -0.15) is 5.10 Å². The van der Waals surface area contributed by atoms with Crippen LogP contribution in [0.4, 0.5) is 0 Å². The quantitative estimate of drug-likeness (QED) is 0.377. The van der Waals surface area contributed by atoms with Crippen LogP contribution < -0.4 is 11.2 Å². The maximum Gasteiger partial charge on any atom is 0.325 e. The second kappa shape index (κ2) is 6.85. The van der Waals surface area contributed by atoms with Gasteiger partial charge < -0.3 is 15.0 Å². The molecule has 0 aliphatic heterocycles. The molecule has 7 heteroatoms. The highest BCUT2D eigenvalue weighted by molar-refractivity contribution is 7.80. The van der Waals surface area contributed by atoms with Crippen LogP contribution in [0, 0.1) is 0 Å². The van der Waals surface area contributed by atoms with Crippen LogP contribution in [-0.4, -0.2) is 28.5 Å². The molecule has 0 aliphatic carbocycles. The van der Waals surface area contributed by atoms with Crippen molar-refractivity contribution in [2.75, 3.05) is 6.61 Å². The number of hydrogen-bond acceptors (Lipinski definition) is 4. The normalized spacial score (nSPS) is 10.9. The number of ether oxygens (including phenoxy) is 1. The lowest BCUT2D eigenvalue weighted by Crippen LogP contribution is -2.23. The van der Waals surface area contributed by atoms with Crippen molar-refractivity contribution in [1.29, 1.82) is 0 Å². The fourth-order valence-corrected chi connectivity index (χ4v) is 2.07. The standard InChI is InChI=1S/C14H16N4O2S/c1-2-20-13(19)9-18-8-10(7-16-17-14(15)21)11-5-3-4-6-12(11)18/h3-8H,2,9H2,1H3,(H3,15,17,21)/b16-7-. The number of esters is 1. The van der Waals surface area contributed by atoms with Crippen LogP contribution in [0.25, 0.3) is 10.9 Å². The number of benzene rings is 1. The number of fused-ring (bicyclic) bond motifs is 1. The second-order valence-corrected chi connectivity index (χ2v) is 4.71. The van der Waals surface area contributed by atoms with Crippen molar-refractivity contribution in [3.8, 4) is 0 Å². The van der Waals surface area contributed by atoms with Crippen LogP contribution in [0.5, 0.6) is 0 Å². The van der Waals surface area contributed by atoms with E-state index in [-0.39, 0.29) is 17.6 Å². The zero-order chi connectivity index (χ0) is 15.2. The molecule has 0 bridgehead atoms. The molecule has 0 spiro atoms. The van der Waals surface area contributed by atoms with Crippen molar-refractivity contribution >= 4 is 40.4 Å². The van der Waals surface area contributed by atoms with Gasteiger partial charge in [-0.15, -0.1) is 0 Å². The summed E-state index contributed by atoms with van der Waals surface area (Å²) in [6, 6.07) is 7.74. The number of nitrogens with zero attached hydrogens (tertiary/aromatic N) is 2. The van der Waals surface area contributed by atoms with Crippen LogP contribution in [0.3, 0.4) is 0 Å². The van der Waals surface area contributed by atoms with E-state index in [9.17, 15) is 4.79 Å². The molecule has 1 aromatic carbocycles. The van der Waals surface area contributed by atoms with Crippen molar-refractivity contribution in [1.82, 2.24) is 9.99 Å². The van der Waals surface area contributed by atoms with Gasteiger partial charge >= 0.3 is 5.97 Å². The molecule has 0 radical (unpaired) electrons. The molecule has 3 N–H and O–H groups in total. The van der Waals surface area contributed by atoms with Gasteiger partial charge in [0.15, 0.2) is 5.11 Å². The van der Waals surface area contributed by atoms with Crippen molar-refractivity contribution in [2.45, 2.75) is 13.5 Å². The summed E-state index contributed by atoms with van der Waals surface area (Å²) in [4.78, 5) is 11.6. The Morgan fingerprint density at radius 3 is 3.00 bits per heavy atom. The first-order chi connectivity index (χ1) is 10.1. The van der Waals surface area contributed by atoms with E-state index < -0.39 is 0 Å². The molecular formula is C14H16N4O2S. The monoisotopic (exact) mass is 304 g/mol. The predicted molar refractivity (Wildman–Crippen MR) is 86.1 cm³/mol. The van der Waals surface area contributed by atoms with Crippen LogP contribution in [-0.2, 0) is 16.1 Å². The topological polar surface area (TPSA) is 81.6 Å². The van der Waals surface area contributed by atoms with Crippen LogP contribution >= 0.6 is 12.2 Å². The molecule has 0 atom stereocenters. The third-order valence-corrected chi connectivity index (χ3v) is 2.89. The minimum atomic E-state index is -0.275. The maximum atomic E-state index is 11.6. The third kappa shape index (κ3) is 3.79. The lowest BCUT2D eigenvalue weighted by Gasteiger charge is -2.04. The number of hydrogen-bond donors (Lipinski definition) is 2. The molecule has 0 unspecified atom stereocenters. The van der Waals surface area contributed by atoms with Gasteiger partial charge in [0, 0.05) is 22.7 Å². The minimum Gasteiger partial charge on any atom is -0.465 e. The van der Waals surface area contributed by atoms with Gasteiger partial charge in [-0.3, -0.25) is 10.2 Å². The fraction of sp³-hybridized carbons (Fsp3) is 0.214. The lowest BCUT2D eigenvalue weighted by atomic mass is 10.2. The number of carbonyl (C=O) groups excluding carboxylic acids is 1. The average molecular weight is 304 g/mol. The Bertz CT molecular complexity index is 693. The van der Waals surface area contributed by atoms with Crippen molar-refractivity contribution in [3.63, 3.8) is 0 Å². The Kier molecular flexibility index (Phi) is 4.89. The number of aromatic nitrogens is 1. The molecule has 0 saturated carbocycles. The van der Waals surface area contributed by atoms with Gasteiger partial charge in [-0.1, -0.05) is 18.2 Å². The van der Waals surface area contributed by atoms with E-state index in [1.54, 1.807) is 13.1 Å². The molecular weight excluding hydrogens is 288 g/mol. The number of rotatable bonds is 5. The molecule has 0 fully saturated rings. The van der Waals surface area contributed by atoms with E-state index in [0.29, 0.717) is 6.61 Å². The lowest BCUT2D eigenvalue weighted by molar-refractivity contribution is -0.143. The van der Waals surface area contributed by atoms with Crippen molar-refractivity contribution in [2.24, 2.45) is 10.8 Å². The van der Waals surface area contributed by atoms with Gasteiger partial charge in [0.05, 0.1) is 12.8 Å². The molecule has 6 nitrogen and oxygen atoms in total. The van der Waals surface area contributed by atoms with Crippen LogP contribution in [0.2, 0.25) is 0 Å². The Labute approximate surface area is 127 Å². The minimum absolute atomic E-state index is 0.0986. The molecule has 110 valence electrons. The Balaban J connectivity index is 2.32. The van der Waals surface area contributed by atoms with Gasteiger partial charge in [0.1, 0.15) is 6.54 Å². The molecule has 1 aromatic heterocycles. The van der Waals surface area contributed by atoms with Gasteiger partial charge in [0.25, 0.3) is 0 Å². The molecule has 0 amide bonds. The third-order valence-electron chi connectivity index (χ3n) is 2.80. The SMILES string of the molecule is CCOC(=O)Cn1cc(/C=N\NC(N)=S)c2ccccc21. The molecule has 21 heavy (non-hydrogen) atoms. The second-order valence-electron chi connectivity index (χ2n) is 4.27. The van der Waals surface area contributed by atoms with E-state index in [2.05, 4.69) is 22.7 Å². The Morgan fingerprint density at radius 1 is 1.52 bits per heavy atom. The predicted octanol–water partition coefficient (Wildman–Crippen LogP) is 1.37. The smallest absolute Gasteiger partial charge is 0.325 e. The number of nitrogens with one attached hydrogen (secondary N) is 1. The summed E-state index contributed by atoms with van der Waals surface area (Å²) in [7, 11) is 0. The first kappa shape index (κ1) is 15.0. The number of carbonyl (C=O) groups is 1. The van der Waals surface area contributed by atoms with Gasteiger partial charge in [-0.25, -0.2) is 0 Å². The Morgan fingerprint density at radius 2 is 2.29 bits per heavy atom. The summed E-state index contributed by atoms with van der Waals surface area (Å²) in [6.45, 7) is 2.31. The number of hydrazone groups is 1. The maximum absolute atomic E-state index is 11.6. The zero-order valence-electron chi connectivity index (χ0n) is 11.6. The summed E-state index contributed by atoms with van der Waals surface area (Å²) < 4.78 is 6.81. The average Bonchev–Trinajstić information content (AvgIpc) is 2.77. The molecule has 0 saturated heterocycles. The van der Waals surface area contributed by atoms with Gasteiger partial charge in [-0.05, 0) is 25.2 Å². The molecule has 0 aliphatic rings. The summed E-state index contributed by atoms with van der Waals surface area (Å²) in [5.41, 5.74) is 9.61. The zero-order valence-corrected chi connectivity index (χ0v) is 12.4. The van der Waals surface area contributed by atoms with E-state index >= 15 is 0 Å². The highest BCUT2D eigenvalue weighted by Gasteiger charge is 2.10. The van der Waals surface area contributed by atoms with E-state index in [1.807, 2.05) is 35.0 Å². The Hall–Kier alpha value is -2.41. The summed E-state index contributed by atoms with van der Waals surface area (Å²) in [6.07, 6.45) is 3.45. The molecule has 2 aromatic rings. The van der Waals surface area contributed by atoms with Crippen molar-refractivity contribution in [3.05, 3.63) is 36.0 Å². The summed E-state index contributed by atoms with van der Waals surface area (Å²) >= 11 is 4.68. The number of para-hydroxylation sites is 1. The fourth-order valence-electron chi connectivity index (χ4n) is 2.02. The van der Waals surface area contributed by atoms with Gasteiger partial charge in [0.2, 0.25) is 0 Å².